The molecule has 21 heavy (non-hydrogen) atoms. The summed E-state index contributed by atoms with van der Waals surface area (Å²) < 4.78 is 0. The minimum atomic E-state index is 0.426. The maximum absolute atomic E-state index is 4.43. The summed E-state index contributed by atoms with van der Waals surface area (Å²) in [4.78, 5) is 4.43. The fourth-order valence-electron chi connectivity index (χ4n) is 2.98. The Morgan fingerprint density at radius 3 is 2.62 bits per heavy atom. The molecule has 2 rings (SSSR count). The van der Waals surface area contributed by atoms with E-state index in [1.165, 1.54) is 54.9 Å². The number of pyridine rings is 1. The summed E-state index contributed by atoms with van der Waals surface area (Å²) in [7, 11) is 0. The third-order valence-corrected chi connectivity index (χ3v) is 4.12. The first-order chi connectivity index (χ1) is 10.4. The SMILES string of the molecule is CCCCCCCC(NCC)c1cncc2ccccc12. The van der Waals surface area contributed by atoms with Gasteiger partial charge in [0, 0.05) is 23.8 Å². The molecule has 0 spiro atoms. The first-order valence-corrected chi connectivity index (χ1v) is 8.42. The molecule has 0 amide bonds. The van der Waals surface area contributed by atoms with Crippen LogP contribution in [0.15, 0.2) is 36.7 Å². The summed E-state index contributed by atoms with van der Waals surface area (Å²) in [6, 6.07) is 9.00. The molecule has 0 aliphatic rings. The lowest BCUT2D eigenvalue weighted by molar-refractivity contribution is 0.480. The van der Waals surface area contributed by atoms with Crippen molar-refractivity contribution in [2.24, 2.45) is 0 Å². The van der Waals surface area contributed by atoms with Gasteiger partial charge in [0.05, 0.1) is 0 Å². The van der Waals surface area contributed by atoms with Crippen molar-refractivity contribution in [2.75, 3.05) is 6.54 Å². The number of unbranched alkanes of at least 4 members (excludes halogenated alkanes) is 4. The fourth-order valence-corrected chi connectivity index (χ4v) is 2.98. The molecule has 1 aromatic carbocycles. The van der Waals surface area contributed by atoms with Crippen molar-refractivity contribution in [3.05, 3.63) is 42.2 Å². The first kappa shape index (κ1) is 16.0. The van der Waals surface area contributed by atoms with Crippen molar-refractivity contribution < 1.29 is 0 Å². The summed E-state index contributed by atoms with van der Waals surface area (Å²) in [5, 5.41) is 6.22. The van der Waals surface area contributed by atoms with Crippen LogP contribution in [0.4, 0.5) is 0 Å². The number of benzene rings is 1. The topological polar surface area (TPSA) is 24.9 Å². The van der Waals surface area contributed by atoms with Crippen LogP contribution in [0.1, 0.15) is 64.0 Å². The Hall–Kier alpha value is -1.41. The Labute approximate surface area is 129 Å². The molecule has 1 heterocycles. The van der Waals surface area contributed by atoms with E-state index >= 15 is 0 Å². The second-order valence-corrected chi connectivity index (χ2v) is 5.76. The maximum Gasteiger partial charge on any atom is 0.0346 e. The second kappa shape index (κ2) is 8.78. The molecule has 1 unspecified atom stereocenters. The minimum Gasteiger partial charge on any atom is -0.310 e. The zero-order valence-electron chi connectivity index (χ0n) is 13.4. The number of fused-ring (bicyclic) bond motifs is 1. The number of rotatable bonds is 9. The molecule has 1 atom stereocenters. The van der Waals surface area contributed by atoms with Gasteiger partial charge in [-0.1, -0.05) is 70.2 Å². The number of nitrogens with zero attached hydrogens (tertiary/aromatic N) is 1. The zero-order chi connectivity index (χ0) is 14.9. The highest BCUT2D eigenvalue weighted by Gasteiger charge is 2.13. The van der Waals surface area contributed by atoms with Crippen LogP contribution in [0.2, 0.25) is 0 Å². The molecule has 1 N–H and O–H groups in total. The molecule has 0 saturated carbocycles. The fraction of sp³-hybridized carbons (Fsp3) is 0.526. The number of nitrogens with one attached hydrogen (secondary N) is 1. The highest BCUT2D eigenvalue weighted by atomic mass is 14.9. The molecule has 114 valence electrons. The molecule has 0 aliphatic carbocycles. The molecule has 0 bridgehead atoms. The maximum atomic E-state index is 4.43. The van der Waals surface area contributed by atoms with Crippen molar-refractivity contribution in [1.82, 2.24) is 10.3 Å². The Kier molecular flexibility index (Phi) is 6.68. The van der Waals surface area contributed by atoms with Crippen LogP contribution >= 0.6 is 0 Å². The molecular formula is C19H28N2. The molecule has 0 saturated heterocycles. The number of aromatic nitrogens is 1. The van der Waals surface area contributed by atoms with Gasteiger partial charge in [-0.2, -0.15) is 0 Å². The van der Waals surface area contributed by atoms with Gasteiger partial charge in [-0.05, 0) is 23.9 Å². The van der Waals surface area contributed by atoms with Crippen LogP contribution < -0.4 is 5.32 Å². The van der Waals surface area contributed by atoms with Crippen molar-refractivity contribution in [1.29, 1.82) is 0 Å². The zero-order valence-corrected chi connectivity index (χ0v) is 13.4. The highest BCUT2D eigenvalue weighted by molar-refractivity contribution is 5.85. The summed E-state index contributed by atoms with van der Waals surface area (Å²) >= 11 is 0. The number of hydrogen-bond acceptors (Lipinski definition) is 2. The van der Waals surface area contributed by atoms with Gasteiger partial charge in [0.1, 0.15) is 0 Å². The summed E-state index contributed by atoms with van der Waals surface area (Å²) in [6.45, 7) is 5.45. The minimum absolute atomic E-state index is 0.426. The van der Waals surface area contributed by atoms with E-state index in [1.807, 2.05) is 12.4 Å². The molecule has 2 nitrogen and oxygen atoms in total. The van der Waals surface area contributed by atoms with Crippen LogP contribution in [0.25, 0.3) is 10.8 Å². The molecule has 2 aromatic rings. The normalized spacial score (nSPS) is 12.7. The van der Waals surface area contributed by atoms with Gasteiger partial charge in [-0.15, -0.1) is 0 Å². The van der Waals surface area contributed by atoms with E-state index in [1.54, 1.807) is 0 Å². The standard InChI is InChI=1S/C19H28N2/c1-3-5-6-7-8-13-19(21-4-2)18-15-20-14-16-11-9-10-12-17(16)18/h9-12,14-15,19,21H,3-8,13H2,1-2H3. The molecule has 0 fully saturated rings. The molecule has 1 aromatic heterocycles. The smallest absolute Gasteiger partial charge is 0.0346 e. The number of hydrogen-bond donors (Lipinski definition) is 1. The average Bonchev–Trinajstić information content (AvgIpc) is 2.53. The van der Waals surface area contributed by atoms with Crippen LogP contribution in [-0.4, -0.2) is 11.5 Å². The first-order valence-electron chi connectivity index (χ1n) is 8.42. The Balaban J connectivity index is 2.08. The lowest BCUT2D eigenvalue weighted by atomic mass is 9.96. The van der Waals surface area contributed by atoms with Crippen LogP contribution in [0.5, 0.6) is 0 Å². The van der Waals surface area contributed by atoms with E-state index in [2.05, 4.69) is 48.4 Å². The summed E-state index contributed by atoms with van der Waals surface area (Å²) in [5.74, 6) is 0. The summed E-state index contributed by atoms with van der Waals surface area (Å²) in [5.41, 5.74) is 1.35. The second-order valence-electron chi connectivity index (χ2n) is 5.76. The van der Waals surface area contributed by atoms with Gasteiger partial charge >= 0.3 is 0 Å². The van der Waals surface area contributed by atoms with Crippen molar-refractivity contribution in [2.45, 2.75) is 58.4 Å². The van der Waals surface area contributed by atoms with Crippen LogP contribution in [-0.2, 0) is 0 Å². The molecule has 0 aliphatic heterocycles. The predicted molar refractivity (Wildman–Crippen MR) is 91.5 cm³/mol. The van der Waals surface area contributed by atoms with Gasteiger partial charge < -0.3 is 5.32 Å². The van der Waals surface area contributed by atoms with Gasteiger partial charge in [-0.3, -0.25) is 4.98 Å². The van der Waals surface area contributed by atoms with Crippen molar-refractivity contribution in [3.63, 3.8) is 0 Å². The quantitative estimate of drug-likeness (QED) is 0.636. The Bertz CT molecular complexity index is 531. The molecule has 2 heteroatoms. The predicted octanol–water partition coefficient (Wildman–Crippen LogP) is 5.25. The monoisotopic (exact) mass is 284 g/mol. The molecular weight excluding hydrogens is 256 g/mol. The van der Waals surface area contributed by atoms with E-state index in [9.17, 15) is 0 Å². The Morgan fingerprint density at radius 2 is 1.81 bits per heavy atom. The summed E-state index contributed by atoms with van der Waals surface area (Å²) in [6.07, 6.45) is 11.9. The average molecular weight is 284 g/mol. The van der Waals surface area contributed by atoms with Gasteiger partial charge in [-0.25, -0.2) is 0 Å². The van der Waals surface area contributed by atoms with E-state index < -0.39 is 0 Å². The van der Waals surface area contributed by atoms with Crippen LogP contribution in [0.3, 0.4) is 0 Å². The van der Waals surface area contributed by atoms with E-state index in [0.717, 1.165) is 6.54 Å². The van der Waals surface area contributed by atoms with Gasteiger partial charge in [0.15, 0.2) is 0 Å². The van der Waals surface area contributed by atoms with E-state index in [0.29, 0.717) is 6.04 Å². The Morgan fingerprint density at radius 1 is 1.00 bits per heavy atom. The van der Waals surface area contributed by atoms with Crippen LogP contribution in [0, 0.1) is 0 Å². The van der Waals surface area contributed by atoms with Crippen molar-refractivity contribution in [3.8, 4) is 0 Å². The van der Waals surface area contributed by atoms with Gasteiger partial charge in [0.2, 0.25) is 0 Å². The van der Waals surface area contributed by atoms with Crippen molar-refractivity contribution >= 4 is 10.8 Å². The lowest BCUT2D eigenvalue weighted by Gasteiger charge is -2.20. The van der Waals surface area contributed by atoms with E-state index in [4.69, 9.17) is 0 Å². The largest absolute Gasteiger partial charge is 0.310 e. The third kappa shape index (κ3) is 4.53. The highest BCUT2D eigenvalue weighted by Crippen LogP contribution is 2.26. The van der Waals surface area contributed by atoms with E-state index in [-0.39, 0.29) is 0 Å². The molecule has 0 radical (unpaired) electrons. The lowest BCUT2D eigenvalue weighted by Crippen LogP contribution is -2.21. The third-order valence-electron chi connectivity index (χ3n) is 4.12. The van der Waals surface area contributed by atoms with Gasteiger partial charge in [0.25, 0.3) is 0 Å².